The first-order valence-electron chi connectivity index (χ1n) is 8.99. The predicted molar refractivity (Wildman–Crippen MR) is 94.2 cm³/mol. The van der Waals surface area contributed by atoms with Crippen LogP contribution >= 0.6 is 0 Å². The van der Waals surface area contributed by atoms with E-state index in [1.807, 2.05) is 37.1 Å². The van der Waals surface area contributed by atoms with E-state index in [0.29, 0.717) is 18.9 Å². The van der Waals surface area contributed by atoms with Gasteiger partial charge in [0.1, 0.15) is 17.8 Å². The Morgan fingerprint density at radius 2 is 2.12 bits per heavy atom. The third-order valence-corrected chi connectivity index (χ3v) is 5.24. The van der Waals surface area contributed by atoms with Crippen LogP contribution in [0.1, 0.15) is 36.7 Å². The number of hydrogen-bond acceptors (Lipinski definition) is 5. The second-order valence-electron chi connectivity index (χ2n) is 7.29. The van der Waals surface area contributed by atoms with Gasteiger partial charge in [0.05, 0.1) is 5.69 Å². The van der Waals surface area contributed by atoms with Crippen molar-refractivity contribution in [3.8, 4) is 0 Å². The topological polar surface area (TPSA) is 50.1 Å². The van der Waals surface area contributed by atoms with Crippen molar-refractivity contribution >= 4 is 5.82 Å². The van der Waals surface area contributed by atoms with Gasteiger partial charge < -0.3 is 4.90 Å². The molecular weight excluding hydrogens is 319 g/mol. The second kappa shape index (κ2) is 6.71. The molecule has 4 rings (SSSR count). The Morgan fingerprint density at radius 1 is 1.28 bits per heavy atom. The molecular formula is C18H25FN6. The average Bonchev–Trinajstić information content (AvgIpc) is 3.30. The first-order chi connectivity index (χ1) is 12.1. The average molecular weight is 344 g/mol. The van der Waals surface area contributed by atoms with E-state index in [4.69, 9.17) is 4.98 Å². The van der Waals surface area contributed by atoms with Gasteiger partial charge in [-0.1, -0.05) is 0 Å². The summed E-state index contributed by atoms with van der Waals surface area (Å²) >= 11 is 0. The van der Waals surface area contributed by atoms with E-state index in [9.17, 15) is 4.39 Å². The van der Waals surface area contributed by atoms with Gasteiger partial charge in [0.25, 0.3) is 0 Å². The predicted octanol–water partition coefficient (Wildman–Crippen LogP) is 2.14. The lowest BCUT2D eigenvalue weighted by atomic mass is 10.2. The number of aryl methyl sites for hydroxylation is 1. The second-order valence-corrected chi connectivity index (χ2v) is 7.29. The highest BCUT2D eigenvalue weighted by Gasteiger charge is 2.33. The Balaban J connectivity index is 1.44. The molecule has 6 nitrogen and oxygen atoms in total. The number of halogens is 1. The van der Waals surface area contributed by atoms with E-state index in [0.717, 1.165) is 30.4 Å². The number of aromatic nitrogens is 4. The molecule has 0 radical (unpaired) electrons. The van der Waals surface area contributed by atoms with Gasteiger partial charge in [-0.25, -0.2) is 14.4 Å². The standard InChI is InChI=1S/C18H25FN6/c1-23(17-6-7-20-18(22-17)13-3-4-13)11-16-9-14(19)10-25(16)12-15-5-8-21-24(15)2/h5-8,13-14,16H,3-4,9-12H2,1-2H3/t14-,16-/m0/s1. The van der Waals surface area contributed by atoms with Crippen LogP contribution in [0.3, 0.4) is 0 Å². The van der Waals surface area contributed by atoms with Crippen molar-refractivity contribution in [2.75, 3.05) is 25.0 Å². The van der Waals surface area contributed by atoms with Crippen molar-refractivity contribution in [1.82, 2.24) is 24.6 Å². The van der Waals surface area contributed by atoms with E-state index < -0.39 is 6.17 Å². The van der Waals surface area contributed by atoms with E-state index in [1.54, 1.807) is 6.20 Å². The monoisotopic (exact) mass is 344 g/mol. The van der Waals surface area contributed by atoms with Gasteiger partial charge in [0.2, 0.25) is 0 Å². The molecule has 0 bridgehead atoms. The summed E-state index contributed by atoms with van der Waals surface area (Å²) in [7, 11) is 3.96. The molecule has 2 aliphatic rings. The third-order valence-electron chi connectivity index (χ3n) is 5.24. The lowest BCUT2D eigenvalue weighted by molar-refractivity contribution is 0.231. The third kappa shape index (κ3) is 3.66. The van der Waals surface area contributed by atoms with Crippen molar-refractivity contribution in [3.05, 3.63) is 36.0 Å². The maximum atomic E-state index is 14.1. The Labute approximate surface area is 147 Å². The van der Waals surface area contributed by atoms with Gasteiger partial charge in [-0.15, -0.1) is 0 Å². The van der Waals surface area contributed by atoms with Crippen LogP contribution in [0.5, 0.6) is 0 Å². The van der Waals surface area contributed by atoms with Crippen molar-refractivity contribution in [1.29, 1.82) is 0 Å². The number of hydrogen-bond donors (Lipinski definition) is 0. The zero-order chi connectivity index (χ0) is 17.4. The molecule has 1 aliphatic heterocycles. The molecule has 2 aromatic heterocycles. The molecule has 0 aromatic carbocycles. The highest BCUT2D eigenvalue weighted by molar-refractivity contribution is 5.37. The minimum atomic E-state index is -0.765. The molecule has 1 saturated heterocycles. The van der Waals surface area contributed by atoms with Crippen molar-refractivity contribution < 1.29 is 4.39 Å². The highest BCUT2D eigenvalue weighted by atomic mass is 19.1. The molecule has 25 heavy (non-hydrogen) atoms. The Kier molecular flexibility index (Phi) is 4.41. The molecule has 1 saturated carbocycles. The highest BCUT2D eigenvalue weighted by Crippen LogP contribution is 2.38. The van der Waals surface area contributed by atoms with Crippen molar-refractivity contribution in [3.63, 3.8) is 0 Å². The first-order valence-corrected chi connectivity index (χ1v) is 8.99. The smallest absolute Gasteiger partial charge is 0.133 e. The number of anilines is 1. The summed E-state index contributed by atoms with van der Waals surface area (Å²) in [5, 5.41) is 4.21. The Bertz CT molecular complexity index is 728. The first kappa shape index (κ1) is 16.4. The molecule has 134 valence electrons. The number of alkyl halides is 1. The summed E-state index contributed by atoms with van der Waals surface area (Å²) in [5.74, 6) is 2.42. The molecule has 0 N–H and O–H groups in total. The Morgan fingerprint density at radius 3 is 2.84 bits per heavy atom. The van der Waals surface area contributed by atoms with Crippen LogP contribution in [0.25, 0.3) is 0 Å². The molecule has 1 aliphatic carbocycles. The molecule has 3 heterocycles. The fraction of sp³-hybridized carbons (Fsp3) is 0.611. The summed E-state index contributed by atoms with van der Waals surface area (Å²) in [6.45, 7) is 1.98. The Hall–Kier alpha value is -2.02. The van der Waals surface area contributed by atoms with Crippen LogP contribution in [0.15, 0.2) is 24.5 Å². The van der Waals surface area contributed by atoms with Gasteiger partial charge in [0, 0.05) is 58.1 Å². The number of likely N-dealkylation sites (N-methyl/N-ethyl adjacent to an activating group) is 1. The summed E-state index contributed by atoms with van der Waals surface area (Å²) in [6, 6.07) is 4.12. The summed E-state index contributed by atoms with van der Waals surface area (Å²) < 4.78 is 15.9. The maximum absolute atomic E-state index is 14.1. The fourth-order valence-corrected chi connectivity index (χ4v) is 3.59. The summed E-state index contributed by atoms with van der Waals surface area (Å²) in [4.78, 5) is 13.4. The van der Waals surface area contributed by atoms with Crippen molar-refractivity contribution in [2.24, 2.45) is 7.05 Å². The van der Waals surface area contributed by atoms with Gasteiger partial charge in [0.15, 0.2) is 0 Å². The van der Waals surface area contributed by atoms with E-state index in [-0.39, 0.29) is 6.04 Å². The molecule has 2 atom stereocenters. The molecule has 7 heteroatoms. The maximum Gasteiger partial charge on any atom is 0.133 e. The quantitative estimate of drug-likeness (QED) is 0.804. The molecule has 2 aromatic rings. The number of rotatable bonds is 6. The van der Waals surface area contributed by atoms with Gasteiger partial charge >= 0.3 is 0 Å². The van der Waals surface area contributed by atoms with E-state index >= 15 is 0 Å². The van der Waals surface area contributed by atoms with E-state index in [2.05, 4.69) is 19.9 Å². The molecule has 0 spiro atoms. The fourth-order valence-electron chi connectivity index (χ4n) is 3.59. The lowest BCUT2D eigenvalue weighted by Gasteiger charge is -2.29. The van der Waals surface area contributed by atoms with E-state index in [1.165, 1.54) is 12.8 Å². The summed E-state index contributed by atoms with van der Waals surface area (Å²) in [6.07, 6.45) is 5.82. The largest absolute Gasteiger partial charge is 0.358 e. The van der Waals surface area contributed by atoms with Gasteiger partial charge in [-0.2, -0.15) is 5.10 Å². The van der Waals surface area contributed by atoms with Crippen LogP contribution < -0.4 is 4.90 Å². The molecule has 0 amide bonds. The normalized spacial score (nSPS) is 24.0. The number of likely N-dealkylation sites (tertiary alicyclic amines) is 1. The lowest BCUT2D eigenvalue weighted by Crippen LogP contribution is -2.39. The van der Waals surface area contributed by atoms with Crippen LogP contribution in [-0.2, 0) is 13.6 Å². The van der Waals surface area contributed by atoms with Crippen molar-refractivity contribution in [2.45, 2.75) is 43.9 Å². The minimum absolute atomic E-state index is 0.175. The van der Waals surface area contributed by atoms with Crippen LogP contribution in [0, 0.1) is 0 Å². The molecule has 2 fully saturated rings. The summed E-state index contributed by atoms with van der Waals surface area (Å²) in [5.41, 5.74) is 1.11. The van der Waals surface area contributed by atoms with Gasteiger partial charge in [-0.05, 0) is 31.4 Å². The minimum Gasteiger partial charge on any atom is -0.358 e. The van der Waals surface area contributed by atoms with Crippen LogP contribution in [0.2, 0.25) is 0 Å². The SMILES string of the molecule is CN(C[C@@H]1C[C@H](F)CN1Cc1ccnn1C)c1ccnc(C2CC2)n1. The zero-order valence-corrected chi connectivity index (χ0v) is 14.8. The number of nitrogens with zero attached hydrogens (tertiary/aromatic N) is 6. The zero-order valence-electron chi connectivity index (χ0n) is 14.8. The van der Waals surface area contributed by atoms with Crippen LogP contribution in [-0.4, -0.2) is 57.0 Å². The van der Waals surface area contributed by atoms with Crippen LogP contribution in [0.4, 0.5) is 10.2 Å². The van der Waals surface area contributed by atoms with Gasteiger partial charge in [-0.3, -0.25) is 9.58 Å². The molecule has 0 unspecified atom stereocenters.